The van der Waals surface area contributed by atoms with Crippen molar-refractivity contribution in [2.24, 2.45) is 34.7 Å². The van der Waals surface area contributed by atoms with Crippen LogP contribution in [0.4, 0.5) is 0 Å². The summed E-state index contributed by atoms with van der Waals surface area (Å²) in [6.45, 7) is 1.33. The van der Waals surface area contributed by atoms with Crippen LogP contribution in [0.15, 0.2) is 35.7 Å². The number of aldehydes is 1. The lowest BCUT2D eigenvalue weighted by molar-refractivity contribution is -0.259. The molecule has 4 aliphatic heterocycles. The fraction of sp³-hybridized carbons (Fsp3) is 0.838. The van der Waals surface area contributed by atoms with Gasteiger partial charge in [0.25, 0.3) is 0 Å². The Hall–Kier alpha value is -5.63. The third kappa shape index (κ3) is 42.9. The molecule has 4 aliphatic rings. The average molecular weight is 1640 g/mol. The number of rotatable bonds is 62. The molecule has 0 aromatic carbocycles. The van der Waals surface area contributed by atoms with Crippen molar-refractivity contribution in [2.75, 3.05) is 237 Å². The molecule has 0 saturated carbocycles. The summed E-state index contributed by atoms with van der Waals surface area (Å²) in [4.78, 5) is 68.4. The molecule has 0 spiro atoms. The summed E-state index contributed by atoms with van der Waals surface area (Å²) in [6.07, 6.45) is -7.79. The van der Waals surface area contributed by atoms with Crippen molar-refractivity contribution in [3.05, 3.63) is 35.7 Å². The van der Waals surface area contributed by atoms with Crippen molar-refractivity contribution in [3.63, 3.8) is 0 Å². The second-order valence-corrected chi connectivity index (χ2v) is 27.2. The zero-order valence-corrected chi connectivity index (χ0v) is 64.5. The molecule has 4 fully saturated rings. The molecule has 13 atom stereocenters. The van der Waals surface area contributed by atoms with E-state index in [1.54, 1.807) is 14.7 Å². The maximum absolute atomic E-state index is 14.2. The summed E-state index contributed by atoms with van der Waals surface area (Å²) in [6, 6.07) is -1.12. The molecule has 4 rings (SSSR count). The molecular formula is C68H128N14O31. The Morgan fingerprint density at radius 2 is 0.841 bits per heavy atom. The molecule has 25 N–H and O–H groups in total. The van der Waals surface area contributed by atoms with Gasteiger partial charge in [-0.3, -0.25) is 33.9 Å². The smallest absolute Gasteiger partial charge is 0.320 e. The van der Waals surface area contributed by atoms with Crippen molar-refractivity contribution in [3.8, 4) is 0 Å². The van der Waals surface area contributed by atoms with Gasteiger partial charge in [-0.25, -0.2) is 17.5 Å². The number of ether oxygens (including phenoxy) is 15. The summed E-state index contributed by atoms with van der Waals surface area (Å²) < 4.78 is 85.2. The quantitative estimate of drug-likeness (QED) is 0.0116. The van der Waals surface area contributed by atoms with Crippen LogP contribution in [-0.4, -0.2) is 438 Å². The summed E-state index contributed by atoms with van der Waals surface area (Å²) in [7, 11) is 0. The average Bonchev–Trinajstić information content (AvgIpc) is 1.92. The third-order valence-electron chi connectivity index (χ3n) is 17.8. The molecule has 13 unspecified atom stereocenters. The van der Waals surface area contributed by atoms with Crippen LogP contribution in [0.25, 0.3) is 0 Å². The molecule has 2 amide bonds. The van der Waals surface area contributed by atoms with Gasteiger partial charge >= 0.3 is 11.9 Å². The highest BCUT2D eigenvalue weighted by molar-refractivity contribution is 5.79. The number of aliphatic hydroxyl groups excluding tert-OH is 9. The number of carboxylic acid groups (broad SMARTS) is 2. The van der Waals surface area contributed by atoms with E-state index in [2.05, 4.69) is 10.6 Å². The number of hydrogen-bond acceptors (Lipinski definition) is 41. The number of hydrogen-bond donors (Lipinski definition) is 19. The van der Waals surface area contributed by atoms with Crippen molar-refractivity contribution in [1.29, 1.82) is 0 Å². The molecule has 45 nitrogen and oxygen atoms in total. The van der Waals surface area contributed by atoms with Crippen molar-refractivity contribution in [1.82, 2.24) is 40.4 Å². The number of aliphatic carboxylic acids is 2. The number of nitrogens with one attached hydrogen (secondary N) is 2. The van der Waals surface area contributed by atoms with Gasteiger partial charge in [0.1, 0.15) is 54.5 Å². The second kappa shape index (κ2) is 58.3. The first-order valence-corrected chi connectivity index (χ1v) is 37.8. The van der Waals surface area contributed by atoms with E-state index >= 15 is 0 Å². The molecule has 0 radical (unpaired) electrons. The van der Waals surface area contributed by atoms with Gasteiger partial charge < -0.3 is 175 Å². The Bertz CT molecular complexity index is 2510. The first-order valence-electron chi connectivity index (χ1n) is 37.8. The first kappa shape index (κ1) is 99.7. The van der Waals surface area contributed by atoms with Gasteiger partial charge in [0, 0.05) is 96.5 Å². The van der Waals surface area contributed by atoms with Crippen molar-refractivity contribution >= 4 is 30.0 Å². The van der Waals surface area contributed by atoms with Crippen LogP contribution in [0.1, 0.15) is 44.9 Å². The molecule has 0 aliphatic carbocycles. The van der Waals surface area contributed by atoms with Crippen LogP contribution in [0, 0.1) is 0 Å². The number of carbonyl (C=O) groups is 5. The molecule has 4 heterocycles. The van der Waals surface area contributed by atoms with Gasteiger partial charge in [-0.15, -0.1) is 0 Å². The number of aliphatic hydroxyl groups is 9. The predicted octanol–water partition coefficient (Wildman–Crippen LogP) is -10.2. The van der Waals surface area contributed by atoms with Crippen LogP contribution in [0.3, 0.4) is 0 Å². The number of nitrogens with zero attached hydrogens (tertiary/aromatic N) is 6. The molecule has 4 saturated heterocycles. The van der Waals surface area contributed by atoms with Crippen molar-refractivity contribution < 1.29 is 151 Å². The van der Waals surface area contributed by atoms with E-state index in [0.29, 0.717) is 19.6 Å². The standard InChI is InChI=1S/C68H128N14O31/c69-48(35-80(72)13-17-99-20-23-102-26-29-108-61-32-52(87)64(94)55(39-84)111-61)42-105-45-68(46-106-43-49(70)36-81(73)14-18-100-21-24-103-27-30-109-62-33-53(88)65(95)56(40-85)112-62,47-107-44-50(71)37-82(74)15-19-101-22-25-104-28-31-110-63-34-54(89)66(96)57(41-86)113-63)76-59(91)2-1-5-75-58(90)4-3-51(67(97)98)79-10-8-77(12-16-83)6-7-78(9-11-79)38-60(92)93/h16,35-37,51-57,61-66,84-89,94-96H,1-15,17-34,38-47,69-74H2,(H,75,90)(H,76,91)(H,92,93)(H,97,98)/b48-35-,49-36-,50-37-. The lowest BCUT2D eigenvalue weighted by Gasteiger charge is -2.36. The molecule has 0 aromatic rings. The van der Waals surface area contributed by atoms with Crippen LogP contribution in [-0.2, 0) is 95.0 Å². The summed E-state index contributed by atoms with van der Waals surface area (Å²) in [5.41, 5.74) is 18.1. The van der Waals surface area contributed by atoms with Crippen LogP contribution >= 0.6 is 0 Å². The number of carbonyl (C=O) groups excluding carboxylic acids is 3. The SMILES string of the molecule is N/C(=C\N(N)CCOCCOCCOC1CC(O)C(O)C(CO)O1)COCC(COC/C(N)=C/N(N)CCOCCOCCOC1CC(O)C(O)C(CO)O1)(COC/C(N)=C/N(N)CCOCCOCCOC1CC(O)C(O)C(CO)O1)NC(=O)CCCNC(=O)CCC(C(=O)O)N1CCN(CC=O)CCN(CC(=O)O)CC1. The van der Waals surface area contributed by atoms with E-state index in [1.807, 2.05) is 0 Å². The maximum Gasteiger partial charge on any atom is 0.320 e. The molecule has 113 heavy (non-hydrogen) atoms. The number of hydrazine groups is 3. The van der Waals surface area contributed by atoms with E-state index in [4.69, 9.17) is 106 Å². The number of amides is 2. The van der Waals surface area contributed by atoms with Crippen LogP contribution in [0.5, 0.6) is 0 Å². The largest absolute Gasteiger partial charge is 0.480 e. The van der Waals surface area contributed by atoms with Gasteiger partial charge in [0.15, 0.2) is 18.9 Å². The highest BCUT2D eigenvalue weighted by atomic mass is 16.7. The molecule has 0 bridgehead atoms. The Kier molecular flexibility index (Phi) is 51.4. The Morgan fingerprint density at radius 3 is 1.20 bits per heavy atom. The molecule has 0 aromatic heterocycles. The molecule has 45 heteroatoms. The van der Waals surface area contributed by atoms with E-state index in [1.165, 1.54) is 33.6 Å². The van der Waals surface area contributed by atoms with Gasteiger partial charge in [0.05, 0.1) is 227 Å². The molecular weight excluding hydrogens is 1510 g/mol. The lowest BCUT2D eigenvalue weighted by atomic mass is 10.0. The lowest BCUT2D eigenvalue weighted by Crippen LogP contribution is -2.59. The first-order chi connectivity index (χ1) is 54.3. The van der Waals surface area contributed by atoms with E-state index < -0.39 is 129 Å². The Balaban J connectivity index is 1.40. The summed E-state index contributed by atoms with van der Waals surface area (Å²) in [5, 5.41) is 118. The monoisotopic (exact) mass is 1640 g/mol. The maximum atomic E-state index is 14.2. The minimum atomic E-state index is -1.55. The minimum absolute atomic E-state index is 0.00334. The third-order valence-corrected chi connectivity index (χ3v) is 17.8. The Labute approximate surface area is 657 Å². The summed E-state index contributed by atoms with van der Waals surface area (Å²) >= 11 is 0. The number of carboxylic acids is 2. The normalized spacial score (nSPS) is 24.9. The second-order valence-electron chi connectivity index (χ2n) is 27.2. The van der Waals surface area contributed by atoms with Gasteiger partial charge in [-0.2, -0.15) is 0 Å². The zero-order valence-electron chi connectivity index (χ0n) is 64.5. The van der Waals surface area contributed by atoms with Crippen LogP contribution < -0.4 is 45.4 Å². The van der Waals surface area contributed by atoms with Crippen LogP contribution in [0.2, 0.25) is 0 Å². The van der Waals surface area contributed by atoms with E-state index in [-0.39, 0.29) is 260 Å². The number of nitrogens with two attached hydrogens (primary N) is 6. The predicted molar refractivity (Wildman–Crippen MR) is 394 cm³/mol. The Morgan fingerprint density at radius 1 is 0.487 bits per heavy atom. The van der Waals surface area contributed by atoms with Gasteiger partial charge in [-0.1, -0.05) is 0 Å². The van der Waals surface area contributed by atoms with E-state index in [0.717, 1.165) is 6.29 Å². The zero-order chi connectivity index (χ0) is 82.8. The molecule has 656 valence electrons. The highest BCUT2D eigenvalue weighted by Crippen LogP contribution is 2.24. The topological polar surface area (TPSA) is 646 Å². The van der Waals surface area contributed by atoms with E-state index in [9.17, 15) is 80.1 Å². The van der Waals surface area contributed by atoms with Gasteiger partial charge in [0.2, 0.25) is 11.8 Å². The van der Waals surface area contributed by atoms with Crippen molar-refractivity contribution in [2.45, 2.75) is 130 Å². The fourth-order valence-corrected chi connectivity index (χ4v) is 11.7. The highest BCUT2D eigenvalue weighted by Gasteiger charge is 2.40. The fourth-order valence-electron chi connectivity index (χ4n) is 11.7. The van der Waals surface area contributed by atoms with Gasteiger partial charge in [-0.05, 0) is 12.8 Å². The minimum Gasteiger partial charge on any atom is -0.480 e. The summed E-state index contributed by atoms with van der Waals surface area (Å²) in [5.74, 6) is 15.5.